The summed E-state index contributed by atoms with van der Waals surface area (Å²) >= 11 is 5.06. The third-order valence-electron chi connectivity index (χ3n) is 0.824. The molecule has 44 valence electrons. The molecule has 0 N–H and O–H groups in total. The zero-order valence-corrected chi connectivity index (χ0v) is 6.70. The summed E-state index contributed by atoms with van der Waals surface area (Å²) in [6, 6.07) is 0. The van der Waals surface area contributed by atoms with Crippen LogP contribution in [0, 0.1) is 0 Å². The number of halogens is 1. The number of aromatic nitrogens is 1. The molecule has 0 unspecified atom stereocenters. The zero-order chi connectivity index (χ0) is 5.82. The summed E-state index contributed by atoms with van der Waals surface area (Å²) in [5.74, 6) is 0. The van der Waals surface area contributed by atoms with E-state index in [-0.39, 0.29) is 0 Å². The van der Waals surface area contributed by atoms with E-state index in [2.05, 4.69) is 20.9 Å². The van der Waals surface area contributed by atoms with Crippen LogP contribution in [-0.4, -0.2) is 10.3 Å². The van der Waals surface area contributed by atoms with Crippen molar-refractivity contribution in [2.24, 2.45) is 0 Å². The molecule has 1 aromatic heterocycles. The molecule has 0 radical (unpaired) electrons. The number of hydrogen-bond donors (Lipinski definition) is 0. The molecule has 0 amide bonds. The lowest BCUT2D eigenvalue weighted by atomic mass is 10.4. The minimum absolute atomic E-state index is 1.04. The van der Waals surface area contributed by atoms with Crippen molar-refractivity contribution in [1.82, 2.24) is 4.98 Å². The standard InChI is InChI=1S/C5H6BrNS/c6-2-1-5-3-7-4-8-5/h3-4H,1-2H2. The minimum atomic E-state index is 1.04. The smallest absolute Gasteiger partial charge is 0.0794 e. The Morgan fingerprint density at radius 2 is 2.62 bits per heavy atom. The number of alkyl halides is 1. The van der Waals surface area contributed by atoms with Gasteiger partial charge in [0.25, 0.3) is 0 Å². The highest BCUT2D eigenvalue weighted by atomic mass is 79.9. The molecule has 3 heteroatoms. The van der Waals surface area contributed by atoms with Crippen molar-refractivity contribution in [3.8, 4) is 0 Å². The molecular weight excluding hydrogens is 186 g/mol. The van der Waals surface area contributed by atoms with Crippen LogP contribution in [0.5, 0.6) is 0 Å². The highest BCUT2D eigenvalue weighted by Gasteiger charge is 1.89. The van der Waals surface area contributed by atoms with Gasteiger partial charge >= 0.3 is 0 Å². The van der Waals surface area contributed by atoms with E-state index in [0.29, 0.717) is 0 Å². The first-order chi connectivity index (χ1) is 3.93. The molecule has 0 fully saturated rings. The third-order valence-corrected chi connectivity index (χ3v) is 2.06. The van der Waals surface area contributed by atoms with E-state index in [9.17, 15) is 0 Å². The van der Waals surface area contributed by atoms with E-state index in [1.165, 1.54) is 4.88 Å². The summed E-state index contributed by atoms with van der Waals surface area (Å²) in [6.07, 6.45) is 3.01. The maximum absolute atomic E-state index is 3.94. The van der Waals surface area contributed by atoms with E-state index in [0.717, 1.165) is 11.8 Å². The van der Waals surface area contributed by atoms with Crippen molar-refractivity contribution >= 4 is 27.3 Å². The highest BCUT2D eigenvalue weighted by molar-refractivity contribution is 9.09. The number of hydrogen-bond acceptors (Lipinski definition) is 2. The predicted octanol–water partition coefficient (Wildman–Crippen LogP) is 2.08. The van der Waals surface area contributed by atoms with Crippen molar-refractivity contribution in [3.05, 3.63) is 16.6 Å². The summed E-state index contributed by atoms with van der Waals surface area (Å²) in [4.78, 5) is 5.29. The summed E-state index contributed by atoms with van der Waals surface area (Å²) in [5, 5.41) is 1.04. The van der Waals surface area contributed by atoms with Gasteiger partial charge in [0.2, 0.25) is 0 Å². The lowest BCUT2D eigenvalue weighted by Gasteiger charge is -1.83. The average Bonchev–Trinajstić information content (AvgIpc) is 2.19. The van der Waals surface area contributed by atoms with E-state index in [1.54, 1.807) is 11.3 Å². The molecule has 0 aliphatic rings. The fourth-order valence-electron chi connectivity index (χ4n) is 0.459. The normalized spacial score (nSPS) is 9.62. The number of thiazole rings is 1. The van der Waals surface area contributed by atoms with Gasteiger partial charge in [-0.1, -0.05) is 15.9 Å². The van der Waals surface area contributed by atoms with Gasteiger partial charge in [0.1, 0.15) is 0 Å². The maximum atomic E-state index is 3.94. The Labute approximate surface area is 60.9 Å². The van der Waals surface area contributed by atoms with Crippen LogP contribution in [0.15, 0.2) is 11.7 Å². The van der Waals surface area contributed by atoms with Gasteiger partial charge in [-0.3, -0.25) is 4.98 Å². The van der Waals surface area contributed by atoms with Crippen LogP contribution >= 0.6 is 27.3 Å². The summed E-state index contributed by atoms with van der Waals surface area (Å²) in [6.45, 7) is 0. The quantitative estimate of drug-likeness (QED) is 0.653. The van der Waals surface area contributed by atoms with Gasteiger partial charge < -0.3 is 0 Å². The molecule has 0 saturated heterocycles. The minimum Gasteiger partial charge on any atom is -0.253 e. The molecule has 1 heterocycles. The van der Waals surface area contributed by atoms with Crippen molar-refractivity contribution in [2.75, 3.05) is 5.33 Å². The molecule has 1 aromatic rings. The van der Waals surface area contributed by atoms with Crippen LogP contribution in [0.1, 0.15) is 4.88 Å². The van der Waals surface area contributed by atoms with Crippen LogP contribution in [0.2, 0.25) is 0 Å². The Hall–Kier alpha value is 0.110. The van der Waals surface area contributed by atoms with Crippen molar-refractivity contribution in [1.29, 1.82) is 0 Å². The van der Waals surface area contributed by atoms with Gasteiger partial charge in [0, 0.05) is 16.4 Å². The van der Waals surface area contributed by atoms with Crippen LogP contribution in [0.25, 0.3) is 0 Å². The fourth-order valence-corrected chi connectivity index (χ4v) is 1.75. The molecule has 0 saturated carbocycles. The van der Waals surface area contributed by atoms with Gasteiger partial charge in [-0.25, -0.2) is 0 Å². The highest BCUT2D eigenvalue weighted by Crippen LogP contribution is 2.06. The van der Waals surface area contributed by atoms with E-state index < -0.39 is 0 Å². The van der Waals surface area contributed by atoms with Crippen LogP contribution in [-0.2, 0) is 6.42 Å². The van der Waals surface area contributed by atoms with Crippen molar-refractivity contribution in [2.45, 2.75) is 6.42 Å². The summed E-state index contributed by atoms with van der Waals surface area (Å²) in [5.41, 5.74) is 1.86. The van der Waals surface area contributed by atoms with E-state index in [1.807, 2.05) is 11.7 Å². The van der Waals surface area contributed by atoms with Crippen molar-refractivity contribution in [3.63, 3.8) is 0 Å². The van der Waals surface area contributed by atoms with Crippen LogP contribution in [0.4, 0.5) is 0 Å². The molecule has 0 atom stereocenters. The molecular formula is C5H6BrNS. The Morgan fingerprint density at radius 3 is 3.12 bits per heavy atom. The summed E-state index contributed by atoms with van der Waals surface area (Å²) in [7, 11) is 0. The SMILES string of the molecule is BrCCc1cncs1. The lowest BCUT2D eigenvalue weighted by Crippen LogP contribution is -1.76. The van der Waals surface area contributed by atoms with Crippen LogP contribution < -0.4 is 0 Å². The Bertz CT molecular complexity index is 138. The second kappa shape index (κ2) is 3.20. The van der Waals surface area contributed by atoms with Crippen molar-refractivity contribution < 1.29 is 0 Å². The second-order valence-electron chi connectivity index (χ2n) is 1.41. The first-order valence-corrected chi connectivity index (χ1v) is 4.37. The van der Waals surface area contributed by atoms with E-state index >= 15 is 0 Å². The predicted molar refractivity (Wildman–Crippen MR) is 39.6 cm³/mol. The van der Waals surface area contributed by atoms with Crippen LogP contribution in [0.3, 0.4) is 0 Å². The summed E-state index contributed by atoms with van der Waals surface area (Å²) < 4.78 is 0. The molecule has 0 spiro atoms. The number of nitrogens with zero attached hydrogens (tertiary/aromatic N) is 1. The molecule has 0 aliphatic heterocycles. The lowest BCUT2D eigenvalue weighted by molar-refractivity contribution is 1.20. The molecule has 0 aliphatic carbocycles. The average molecular weight is 192 g/mol. The number of aryl methyl sites for hydroxylation is 1. The first kappa shape index (κ1) is 6.23. The third kappa shape index (κ3) is 1.56. The molecule has 0 aromatic carbocycles. The molecule has 0 bridgehead atoms. The largest absolute Gasteiger partial charge is 0.253 e. The van der Waals surface area contributed by atoms with Gasteiger partial charge in [-0.2, -0.15) is 0 Å². The zero-order valence-electron chi connectivity index (χ0n) is 4.30. The second-order valence-corrected chi connectivity index (χ2v) is 3.17. The Kier molecular flexibility index (Phi) is 2.49. The van der Waals surface area contributed by atoms with Gasteiger partial charge in [-0.15, -0.1) is 11.3 Å². The maximum Gasteiger partial charge on any atom is 0.0794 e. The first-order valence-electron chi connectivity index (χ1n) is 2.37. The fraction of sp³-hybridized carbons (Fsp3) is 0.400. The molecule has 1 nitrogen and oxygen atoms in total. The van der Waals surface area contributed by atoms with Gasteiger partial charge in [0.05, 0.1) is 5.51 Å². The number of rotatable bonds is 2. The molecule has 1 rings (SSSR count). The topological polar surface area (TPSA) is 12.9 Å². The Morgan fingerprint density at radius 1 is 1.75 bits per heavy atom. The van der Waals surface area contributed by atoms with Gasteiger partial charge in [-0.05, 0) is 6.42 Å². The van der Waals surface area contributed by atoms with Gasteiger partial charge in [0.15, 0.2) is 0 Å². The molecule has 8 heavy (non-hydrogen) atoms. The Balaban J connectivity index is 2.50. The monoisotopic (exact) mass is 191 g/mol. The van der Waals surface area contributed by atoms with E-state index in [4.69, 9.17) is 0 Å².